The Kier molecular flexibility index (Phi) is 4.93. The first kappa shape index (κ1) is 20.5. The van der Waals surface area contributed by atoms with Crippen LogP contribution in [0, 0.1) is 13.8 Å². The molecule has 0 saturated carbocycles. The van der Waals surface area contributed by atoms with Gasteiger partial charge in [0.15, 0.2) is 5.76 Å². The molecule has 1 aliphatic heterocycles. The largest absolute Gasteiger partial charge is 0.451 e. The molecule has 30 heavy (non-hydrogen) atoms. The van der Waals surface area contributed by atoms with Gasteiger partial charge in [-0.05, 0) is 26.0 Å². The van der Waals surface area contributed by atoms with Crippen LogP contribution in [-0.4, -0.2) is 54.0 Å². The van der Waals surface area contributed by atoms with Gasteiger partial charge in [-0.15, -0.1) is 0 Å². The van der Waals surface area contributed by atoms with Gasteiger partial charge in [0.2, 0.25) is 15.8 Å². The molecule has 1 aliphatic rings. The summed E-state index contributed by atoms with van der Waals surface area (Å²) in [6.45, 7) is 3.61. The molecule has 12 heteroatoms. The van der Waals surface area contributed by atoms with Crippen LogP contribution in [0.25, 0.3) is 10.9 Å². The molecule has 2 aromatic heterocycles. The smallest absolute Gasteiger partial charge is 0.360 e. The van der Waals surface area contributed by atoms with E-state index in [1.807, 2.05) is 0 Å². The molecule has 0 atom stereocenters. The maximum absolute atomic E-state index is 13.3. The van der Waals surface area contributed by atoms with Gasteiger partial charge in [-0.2, -0.15) is 17.5 Å². The minimum Gasteiger partial charge on any atom is -0.360 e. The van der Waals surface area contributed by atoms with Crippen LogP contribution in [0.3, 0.4) is 0 Å². The van der Waals surface area contributed by atoms with Gasteiger partial charge < -0.3 is 9.42 Å². The zero-order valence-electron chi connectivity index (χ0n) is 16.1. The lowest BCUT2D eigenvalue weighted by Crippen LogP contribution is -2.49. The van der Waals surface area contributed by atoms with E-state index in [0.29, 0.717) is 5.39 Å². The quantitative estimate of drug-likeness (QED) is 0.617. The van der Waals surface area contributed by atoms with Gasteiger partial charge in [-0.25, -0.2) is 18.4 Å². The summed E-state index contributed by atoms with van der Waals surface area (Å²) in [5.41, 5.74) is 0.451. The fourth-order valence-corrected chi connectivity index (χ4v) is 5.25. The summed E-state index contributed by atoms with van der Waals surface area (Å²) in [7, 11) is -3.82. The molecule has 8 nitrogen and oxygen atoms in total. The Morgan fingerprint density at radius 3 is 2.30 bits per heavy atom. The second-order valence-corrected chi connectivity index (χ2v) is 8.80. The van der Waals surface area contributed by atoms with E-state index >= 15 is 0 Å². The second-order valence-electron chi connectivity index (χ2n) is 6.93. The van der Waals surface area contributed by atoms with Crippen LogP contribution >= 0.6 is 0 Å². The number of hydrogen-bond donors (Lipinski definition) is 0. The number of sulfonamides is 1. The Labute approximate surface area is 170 Å². The van der Waals surface area contributed by atoms with Crippen LogP contribution < -0.4 is 4.90 Å². The number of halogens is 3. The number of para-hydroxylation sites is 1. The average molecular weight is 441 g/mol. The van der Waals surface area contributed by atoms with Crippen molar-refractivity contribution in [3.8, 4) is 0 Å². The van der Waals surface area contributed by atoms with Crippen LogP contribution in [0.1, 0.15) is 17.3 Å². The Hall–Kier alpha value is -2.73. The van der Waals surface area contributed by atoms with Crippen molar-refractivity contribution in [2.45, 2.75) is 24.9 Å². The standard InChI is InChI=1S/C18H18F3N5O3S/c1-11-15(12(2)29-24-11)30(27,28)26-9-7-25(8-10-26)16-13-5-3-4-6-14(13)22-17(23-16)18(19,20)21/h3-6H,7-10H2,1-2H3. The van der Waals surface area contributed by atoms with Crippen LogP contribution in [0.4, 0.5) is 19.0 Å². The molecule has 0 spiro atoms. The maximum atomic E-state index is 13.3. The van der Waals surface area contributed by atoms with Crippen LogP contribution in [0.15, 0.2) is 33.7 Å². The number of anilines is 1. The maximum Gasteiger partial charge on any atom is 0.451 e. The second kappa shape index (κ2) is 7.20. The van der Waals surface area contributed by atoms with Crippen LogP contribution in [-0.2, 0) is 16.2 Å². The Balaban J connectivity index is 1.64. The number of aryl methyl sites for hydroxylation is 2. The lowest BCUT2D eigenvalue weighted by atomic mass is 10.2. The number of nitrogens with zero attached hydrogens (tertiary/aromatic N) is 5. The third-order valence-corrected chi connectivity index (χ3v) is 7.08. The van der Waals surface area contributed by atoms with Crippen molar-refractivity contribution in [3.05, 3.63) is 41.5 Å². The number of aromatic nitrogens is 3. The molecule has 3 aromatic rings. The Morgan fingerprint density at radius 1 is 1.03 bits per heavy atom. The average Bonchev–Trinajstić information content (AvgIpc) is 3.05. The van der Waals surface area contributed by atoms with Crippen molar-refractivity contribution in [3.63, 3.8) is 0 Å². The summed E-state index contributed by atoms with van der Waals surface area (Å²) < 4.78 is 72.0. The van der Waals surface area contributed by atoms with Gasteiger partial charge in [0.1, 0.15) is 16.4 Å². The van der Waals surface area contributed by atoms with Crippen molar-refractivity contribution >= 4 is 26.7 Å². The van der Waals surface area contributed by atoms with Crippen LogP contribution in [0.2, 0.25) is 0 Å². The zero-order valence-corrected chi connectivity index (χ0v) is 17.0. The van der Waals surface area contributed by atoms with Gasteiger partial charge in [0.25, 0.3) is 0 Å². The molecule has 3 heterocycles. The van der Waals surface area contributed by atoms with Crippen molar-refractivity contribution in [1.29, 1.82) is 0 Å². The molecule has 0 aliphatic carbocycles. The monoisotopic (exact) mass is 441 g/mol. The molecule has 0 unspecified atom stereocenters. The summed E-state index contributed by atoms with van der Waals surface area (Å²) in [5.74, 6) is -0.879. The fraction of sp³-hybridized carbons (Fsp3) is 0.389. The number of rotatable bonds is 3. The first-order chi connectivity index (χ1) is 14.1. The van der Waals surface area contributed by atoms with Crippen molar-refractivity contribution in [2.75, 3.05) is 31.1 Å². The molecule has 0 bridgehead atoms. The third kappa shape index (κ3) is 3.49. The fourth-order valence-electron chi connectivity index (χ4n) is 3.54. The van der Waals surface area contributed by atoms with E-state index < -0.39 is 22.0 Å². The summed E-state index contributed by atoms with van der Waals surface area (Å²) in [6.07, 6.45) is -4.69. The minimum absolute atomic E-state index is 0.0304. The van der Waals surface area contributed by atoms with Crippen molar-refractivity contribution in [2.24, 2.45) is 0 Å². The van der Waals surface area contributed by atoms with Crippen LogP contribution in [0.5, 0.6) is 0 Å². The number of hydrogen-bond acceptors (Lipinski definition) is 7. The predicted molar refractivity (Wildman–Crippen MR) is 101 cm³/mol. The highest BCUT2D eigenvalue weighted by Gasteiger charge is 2.37. The van der Waals surface area contributed by atoms with Gasteiger partial charge >= 0.3 is 6.18 Å². The highest BCUT2D eigenvalue weighted by atomic mass is 32.2. The normalized spacial score (nSPS) is 16.4. The lowest BCUT2D eigenvalue weighted by Gasteiger charge is -2.35. The number of alkyl halides is 3. The van der Waals surface area contributed by atoms with E-state index in [1.165, 1.54) is 17.3 Å². The number of benzene rings is 1. The van der Waals surface area contributed by atoms with E-state index in [4.69, 9.17) is 4.52 Å². The molecule has 4 rings (SSSR count). The lowest BCUT2D eigenvalue weighted by molar-refractivity contribution is -0.144. The van der Waals surface area contributed by atoms with E-state index in [1.54, 1.807) is 30.0 Å². The molecule has 1 fully saturated rings. The molecule has 1 aromatic carbocycles. The Morgan fingerprint density at radius 2 is 1.70 bits per heavy atom. The highest BCUT2D eigenvalue weighted by Crippen LogP contribution is 2.32. The topological polar surface area (TPSA) is 92.4 Å². The SMILES string of the molecule is Cc1noc(C)c1S(=O)(=O)N1CCN(c2nc(C(F)(F)F)nc3ccccc23)CC1. The summed E-state index contributed by atoms with van der Waals surface area (Å²) >= 11 is 0. The van der Waals surface area contributed by atoms with Crippen molar-refractivity contribution < 1.29 is 26.1 Å². The van der Waals surface area contributed by atoms with E-state index in [9.17, 15) is 21.6 Å². The highest BCUT2D eigenvalue weighted by molar-refractivity contribution is 7.89. The molecule has 160 valence electrons. The van der Waals surface area contributed by atoms with Gasteiger partial charge in [0, 0.05) is 31.6 Å². The van der Waals surface area contributed by atoms with Gasteiger partial charge in [-0.1, -0.05) is 17.3 Å². The molecule has 0 amide bonds. The summed E-state index contributed by atoms with van der Waals surface area (Å²) in [6, 6.07) is 6.44. The van der Waals surface area contributed by atoms with E-state index in [0.717, 1.165) is 0 Å². The first-order valence-corrected chi connectivity index (χ1v) is 10.5. The molecule has 0 N–H and O–H groups in total. The molecular formula is C18H18F3N5O3S. The minimum atomic E-state index is -4.69. The first-order valence-electron chi connectivity index (χ1n) is 9.11. The summed E-state index contributed by atoms with van der Waals surface area (Å²) in [4.78, 5) is 9.06. The van der Waals surface area contributed by atoms with Gasteiger partial charge in [-0.3, -0.25) is 0 Å². The molecular weight excluding hydrogens is 423 g/mol. The molecule has 0 radical (unpaired) electrons. The van der Waals surface area contributed by atoms with Crippen molar-refractivity contribution in [1.82, 2.24) is 19.4 Å². The Bertz CT molecular complexity index is 1180. The summed E-state index contributed by atoms with van der Waals surface area (Å²) in [5, 5.41) is 4.17. The van der Waals surface area contributed by atoms with E-state index in [2.05, 4.69) is 15.1 Å². The predicted octanol–water partition coefficient (Wildman–Crippen LogP) is 2.76. The third-order valence-electron chi connectivity index (χ3n) is 4.94. The number of piperazine rings is 1. The number of fused-ring (bicyclic) bond motifs is 1. The zero-order chi connectivity index (χ0) is 21.7. The van der Waals surface area contributed by atoms with Gasteiger partial charge in [0.05, 0.1) is 5.52 Å². The molecule has 1 saturated heterocycles. The van der Waals surface area contributed by atoms with E-state index in [-0.39, 0.29) is 53.9 Å².